The first-order valence-electron chi connectivity index (χ1n) is 11.3. The van der Waals surface area contributed by atoms with Crippen molar-refractivity contribution < 1.29 is 27.6 Å². The van der Waals surface area contributed by atoms with Gasteiger partial charge >= 0.3 is 6.18 Å². The molecule has 0 aliphatic rings. The van der Waals surface area contributed by atoms with Crippen molar-refractivity contribution in [2.24, 2.45) is 5.92 Å². The van der Waals surface area contributed by atoms with Crippen molar-refractivity contribution in [2.45, 2.75) is 58.3 Å². The number of thiazole rings is 1. The van der Waals surface area contributed by atoms with Crippen LogP contribution >= 0.6 is 23.1 Å². The second-order valence-electron chi connectivity index (χ2n) is 8.40. The van der Waals surface area contributed by atoms with Gasteiger partial charge in [0.1, 0.15) is 5.01 Å². The number of nitrogens with one attached hydrogen (secondary N) is 2. The Kier molecular flexibility index (Phi) is 11.9. The molecule has 11 heteroatoms. The van der Waals surface area contributed by atoms with Crippen molar-refractivity contribution in [2.75, 3.05) is 11.5 Å². The number of carbonyl (C=O) groups is 3. The number of benzene rings is 1. The van der Waals surface area contributed by atoms with E-state index in [1.165, 1.54) is 11.3 Å². The summed E-state index contributed by atoms with van der Waals surface area (Å²) in [6, 6.07) is 8.95. The number of imide groups is 1. The number of ketones is 1. The van der Waals surface area contributed by atoms with E-state index in [4.69, 9.17) is 0 Å². The zero-order valence-corrected chi connectivity index (χ0v) is 21.3. The van der Waals surface area contributed by atoms with Crippen molar-refractivity contribution >= 4 is 40.7 Å². The number of carbonyl (C=O) groups excluding carboxylic acids is 3. The molecule has 0 aliphatic heterocycles. The lowest BCUT2D eigenvalue weighted by molar-refractivity contribution is -0.167. The molecule has 1 aromatic heterocycles. The van der Waals surface area contributed by atoms with E-state index in [1.54, 1.807) is 0 Å². The van der Waals surface area contributed by atoms with E-state index in [2.05, 4.69) is 15.6 Å². The normalized spacial score (nSPS) is 12.5. The minimum absolute atomic E-state index is 0.234. The molecule has 0 saturated carbocycles. The van der Waals surface area contributed by atoms with Crippen LogP contribution < -0.4 is 10.6 Å². The molecule has 0 unspecified atom stereocenters. The number of hydrogen-bond donors (Lipinski definition) is 2. The highest BCUT2D eigenvalue weighted by molar-refractivity contribution is 7.99. The second-order valence-corrected chi connectivity index (χ2v) is 10.4. The highest BCUT2D eigenvalue weighted by atomic mass is 32.2. The molecule has 1 heterocycles. The fourth-order valence-corrected chi connectivity index (χ4v) is 4.69. The lowest BCUT2D eigenvalue weighted by Crippen LogP contribution is -2.46. The van der Waals surface area contributed by atoms with Crippen LogP contribution in [-0.2, 0) is 20.9 Å². The molecule has 2 N–H and O–H groups in total. The number of rotatable bonds is 14. The first-order valence-corrected chi connectivity index (χ1v) is 13.3. The summed E-state index contributed by atoms with van der Waals surface area (Å²) in [5, 5.41) is 8.26. The third-order valence-electron chi connectivity index (χ3n) is 4.96. The van der Waals surface area contributed by atoms with Gasteiger partial charge in [-0.05, 0) is 30.9 Å². The Morgan fingerprint density at radius 2 is 1.83 bits per heavy atom. The van der Waals surface area contributed by atoms with Gasteiger partial charge in [-0.3, -0.25) is 19.7 Å². The Labute approximate surface area is 211 Å². The Bertz CT molecular complexity index is 966. The smallest absolute Gasteiger partial charge is 0.300 e. The van der Waals surface area contributed by atoms with Crippen LogP contribution in [0.15, 0.2) is 35.7 Å². The zero-order chi connectivity index (χ0) is 25.8. The molecule has 0 fully saturated rings. The second kappa shape index (κ2) is 14.4. The Hall–Kier alpha value is -2.24. The van der Waals surface area contributed by atoms with Crippen LogP contribution in [0.4, 0.5) is 13.2 Å². The fourth-order valence-electron chi connectivity index (χ4n) is 3.00. The molecule has 0 radical (unpaired) electrons. The van der Waals surface area contributed by atoms with Crippen LogP contribution in [0.25, 0.3) is 10.6 Å². The average molecular weight is 530 g/mol. The molecule has 2 amide bonds. The van der Waals surface area contributed by atoms with Crippen molar-refractivity contribution in [3.05, 3.63) is 41.4 Å². The highest BCUT2D eigenvalue weighted by Crippen LogP contribution is 2.23. The predicted octanol–water partition coefficient (Wildman–Crippen LogP) is 4.99. The minimum atomic E-state index is -4.83. The van der Waals surface area contributed by atoms with E-state index in [-0.39, 0.29) is 18.1 Å². The number of Topliss-reactive ketones (excluding diaryl/α,β-unsaturated/α-hetero) is 1. The van der Waals surface area contributed by atoms with E-state index in [0.717, 1.165) is 28.0 Å². The zero-order valence-electron chi connectivity index (χ0n) is 19.7. The van der Waals surface area contributed by atoms with Gasteiger partial charge in [-0.1, -0.05) is 44.2 Å². The van der Waals surface area contributed by atoms with Crippen LogP contribution in [0.5, 0.6) is 0 Å². The molecule has 0 aliphatic carbocycles. The number of aromatic nitrogens is 1. The average Bonchev–Trinajstić information content (AvgIpc) is 3.28. The molecule has 1 atom stereocenters. The van der Waals surface area contributed by atoms with E-state index in [9.17, 15) is 27.6 Å². The third-order valence-corrected chi connectivity index (χ3v) is 6.94. The van der Waals surface area contributed by atoms with Gasteiger partial charge in [0.15, 0.2) is 0 Å². The Morgan fingerprint density at radius 1 is 1.11 bits per heavy atom. The molecule has 0 bridgehead atoms. The van der Waals surface area contributed by atoms with Gasteiger partial charge in [-0.2, -0.15) is 24.9 Å². The van der Waals surface area contributed by atoms with Crippen LogP contribution in [-0.4, -0.2) is 46.3 Å². The summed E-state index contributed by atoms with van der Waals surface area (Å²) in [5.41, 5.74) is 1.72. The quantitative estimate of drug-likeness (QED) is 0.335. The number of halogens is 3. The number of hydrogen-bond acceptors (Lipinski definition) is 7. The Balaban J connectivity index is 1.92. The maximum Gasteiger partial charge on any atom is 0.450 e. The molecular weight excluding hydrogens is 499 g/mol. The number of alkyl halides is 3. The summed E-state index contributed by atoms with van der Waals surface area (Å²) < 4.78 is 37.0. The molecule has 35 heavy (non-hydrogen) atoms. The van der Waals surface area contributed by atoms with Gasteiger partial charge in [0.2, 0.25) is 17.6 Å². The first-order chi connectivity index (χ1) is 16.6. The van der Waals surface area contributed by atoms with Gasteiger partial charge in [-0.25, -0.2) is 4.98 Å². The van der Waals surface area contributed by atoms with E-state index in [0.29, 0.717) is 31.7 Å². The van der Waals surface area contributed by atoms with Crippen LogP contribution in [0.1, 0.15) is 45.2 Å². The molecular formula is C24H30F3N3O3S2. The van der Waals surface area contributed by atoms with Crippen molar-refractivity contribution in [3.8, 4) is 10.6 Å². The largest absolute Gasteiger partial charge is 0.450 e. The lowest BCUT2D eigenvalue weighted by atomic mass is 10.1. The van der Waals surface area contributed by atoms with Crippen LogP contribution in [0.3, 0.4) is 0 Å². The summed E-state index contributed by atoms with van der Waals surface area (Å²) in [6.07, 6.45) is -3.25. The van der Waals surface area contributed by atoms with E-state index < -0.39 is 29.7 Å². The molecule has 6 nitrogen and oxygen atoms in total. The van der Waals surface area contributed by atoms with Gasteiger partial charge in [0, 0.05) is 23.9 Å². The SMILES string of the molecule is CC(C)CCC(=O)NC(=O)[C@H](CCCSCC(=O)C(F)(F)F)NCc1csc(-c2ccccc2)n1. The number of nitrogens with zero attached hydrogens (tertiary/aromatic N) is 1. The molecule has 1 aromatic carbocycles. The monoisotopic (exact) mass is 529 g/mol. The lowest BCUT2D eigenvalue weighted by Gasteiger charge is -2.18. The van der Waals surface area contributed by atoms with Gasteiger partial charge in [-0.15, -0.1) is 11.3 Å². The standard InChI is InChI=1S/C24H30F3N3O3S2/c1-16(2)10-11-21(32)30-22(33)19(9-6-12-34-15-20(31)24(25,26)27)28-13-18-14-35-23(29-18)17-7-4-3-5-8-17/h3-5,7-8,14,16,19,28H,6,9-13,15H2,1-2H3,(H,30,32,33)/t19-/m0/s1. The van der Waals surface area contributed by atoms with Gasteiger partial charge < -0.3 is 5.32 Å². The van der Waals surface area contributed by atoms with Crippen molar-refractivity contribution in [1.29, 1.82) is 0 Å². The third kappa shape index (κ3) is 10.9. The molecule has 2 rings (SSSR count). The molecule has 192 valence electrons. The minimum Gasteiger partial charge on any atom is -0.300 e. The fraction of sp³-hybridized carbons (Fsp3) is 0.500. The van der Waals surface area contributed by atoms with Gasteiger partial charge in [0.25, 0.3) is 0 Å². The van der Waals surface area contributed by atoms with Crippen LogP contribution in [0, 0.1) is 5.92 Å². The van der Waals surface area contributed by atoms with E-state index >= 15 is 0 Å². The number of amides is 2. The summed E-state index contributed by atoms with van der Waals surface area (Å²) in [5.74, 6) is -2.66. The summed E-state index contributed by atoms with van der Waals surface area (Å²) >= 11 is 2.35. The maximum atomic E-state index is 12.7. The topological polar surface area (TPSA) is 88.2 Å². The predicted molar refractivity (Wildman–Crippen MR) is 133 cm³/mol. The molecule has 0 saturated heterocycles. The Morgan fingerprint density at radius 3 is 2.49 bits per heavy atom. The number of thioether (sulfide) groups is 1. The van der Waals surface area contributed by atoms with Gasteiger partial charge in [0.05, 0.1) is 17.5 Å². The summed E-state index contributed by atoms with van der Waals surface area (Å²) in [4.78, 5) is 40.4. The maximum absolute atomic E-state index is 12.7. The molecule has 2 aromatic rings. The first kappa shape index (κ1) is 29.0. The van der Waals surface area contributed by atoms with Crippen LogP contribution in [0.2, 0.25) is 0 Å². The van der Waals surface area contributed by atoms with Crippen molar-refractivity contribution in [1.82, 2.24) is 15.6 Å². The molecule has 0 spiro atoms. The van der Waals surface area contributed by atoms with E-state index in [1.807, 2.05) is 49.6 Å². The summed E-state index contributed by atoms with van der Waals surface area (Å²) in [6.45, 7) is 4.26. The highest BCUT2D eigenvalue weighted by Gasteiger charge is 2.37. The summed E-state index contributed by atoms with van der Waals surface area (Å²) in [7, 11) is 0. The van der Waals surface area contributed by atoms with Crippen molar-refractivity contribution in [3.63, 3.8) is 0 Å².